The van der Waals surface area contributed by atoms with Gasteiger partial charge in [-0.3, -0.25) is 19.7 Å². The first-order valence-electron chi connectivity index (χ1n) is 11.3. The number of alkyl halides is 2. The van der Waals surface area contributed by atoms with Crippen LogP contribution in [0, 0.1) is 5.92 Å². The Morgan fingerprint density at radius 2 is 1.77 bits per heavy atom. The van der Waals surface area contributed by atoms with Gasteiger partial charge in [0.25, 0.3) is 5.91 Å². The maximum atomic E-state index is 12.8. The zero-order valence-corrected chi connectivity index (χ0v) is 20.7. The van der Waals surface area contributed by atoms with E-state index in [1.165, 1.54) is 11.9 Å². The number of hydrogen-bond donors (Lipinski definition) is 3. The lowest BCUT2D eigenvalue weighted by atomic mass is 9.89. The van der Waals surface area contributed by atoms with E-state index in [-0.39, 0.29) is 36.6 Å². The van der Waals surface area contributed by atoms with Crippen LogP contribution in [0.5, 0.6) is 0 Å². The number of carbonyl (C=O) groups is 4. The maximum Gasteiger partial charge on any atom is 0.321 e. The van der Waals surface area contributed by atoms with Crippen molar-refractivity contribution in [2.24, 2.45) is 5.92 Å². The maximum absolute atomic E-state index is 12.8. The molecule has 2 aromatic rings. The highest BCUT2D eigenvalue weighted by molar-refractivity contribution is 6.58. The van der Waals surface area contributed by atoms with Crippen LogP contribution in [0.1, 0.15) is 29.0 Å². The van der Waals surface area contributed by atoms with Crippen molar-refractivity contribution in [2.75, 3.05) is 25.5 Å². The predicted octanol–water partition coefficient (Wildman–Crippen LogP) is 2.99. The fourth-order valence-corrected chi connectivity index (χ4v) is 5.27. The van der Waals surface area contributed by atoms with Crippen LogP contribution in [0.25, 0.3) is 0 Å². The molecule has 1 heterocycles. The number of anilines is 1. The van der Waals surface area contributed by atoms with Crippen LogP contribution in [0.4, 0.5) is 10.5 Å². The third kappa shape index (κ3) is 5.77. The minimum atomic E-state index is -1.60. The molecule has 1 fully saturated rings. The van der Waals surface area contributed by atoms with E-state index in [4.69, 9.17) is 23.2 Å². The highest BCUT2D eigenvalue weighted by Gasteiger charge is 2.45. The van der Waals surface area contributed by atoms with Gasteiger partial charge < -0.3 is 15.5 Å². The van der Waals surface area contributed by atoms with Crippen molar-refractivity contribution < 1.29 is 19.2 Å². The van der Waals surface area contributed by atoms with Crippen LogP contribution in [-0.2, 0) is 27.2 Å². The highest BCUT2D eigenvalue weighted by Crippen LogP contribution is 2.40. The van der Waals surface area contributed by atoms with E-state index in [0.29, 0.717) is 25.1 Å². The topological polar surface area (TPSA) is 108 Å². The smallest absolute Gasteiger partial charge is 0.321 e. The van der Waals surface area contributed by atoms with Crippen LogP contribution in [0.2, 0.25) is 0 Å². The van der Waals surface area contributed by atoms with Gasteiger partial charge in [-0.05, 0) is 48.1 Å². The van der Waals surface area contributed by atoms with Gasteiger partial charge in [-0.2, -0.15) is 0 Å². The number of hydrogen-bond acceptors (Lipinski definition) is 4. The molecule has 2 aliphatic rings. The zero-order chi connectivity index (χ0) is 25.2. The number of rotatable bonds is 5. The largest absolute Gasteiger partial charge is 0.341 e. The molecule has 0 bridgehead atoms. The first-order chi connectivity index (χ1) is 16.7. The number of nitrogens with zero attached hydrogens (tertiary/aromatic N) is 1. The van der Waals surface area contributed by atoms with E-state index >= 15 is 0 Å². The Morgan fingerprint density at radius 3 is 2.49 bits per heavy atom. The molecule has 4 rings (SSSR count). The zero-order valence-electron chi connectivity index (χ0n) is 19.1. The molecule has 8 nitrogen and oxygen atoms in total. The van der Waals surface area contributed by atoms with Crippen LogP contribution in [0.3, 0.4) is 0 Å². The number of likely N-dealkylation sites (tertiary alicyclic amines) is 1. The summed E-state index contributed by atoms with van der Waals surface area (Å²) in [5.41, 5.74) is 3.49. The molecule has 1 unspecified atom stereocenters. The first kappa shape index (κ1) is 25.0. The summed E-state index contributed by atoms with van der Waals surface area (Å²) in [6.45, 7) is 0.154. The van der Waals surface area contributed by atoms with Gasteiger partial charge in [0.1, 0.15) is 0 Å². The van der Waals surface area contributed by atoms with Crippen LogP contribution >= 0.6 is 23.2 Å². The average Bonchev–Trinajstić information content (AvgIpc) is 3.26. The Labute approximate surface area is 213 Å². The summed E-state index contributed by atoms with van der Waals surface area (Å²) in [4.78, 5) is 50.7. The monoisotopic (exact) mass is 516 g/mol. The number of carbonyl (C=O) groups excluding carboxylic acids is 4. The molecular weight excluding hydrogens is 491 g/mol. The molecule has 1 saturated heterocycles. The molecule has 1 aliphatic heterocycles. The van der Waals surface area contributed by atoms with Crippen LogP contribution < -0.4 is 16.0 Å². The summed E-state index contributed by atoms with van der Waals surface area (Å²) in [5.74, 6) is -1.64. The summed E-state index contributed by atoms with van der Waals surface area (Å²) in [6.07, 6.45) is 1.26. The molecule has 5 amide bonds. The second kappa shape index (κ2) is 10.3. The van der Waals surface area contributed by atoms with Gasteiger partial charge in [0.2, 0.25) is 11.8 Å². The summed E-state index contributed by atoms with van der Waals surface area (Å²) in [6, 6.07) is 14.5. The number of imide groups is 1. The van der Waals surface area contributed by atoms with E-state index in [2.05, 4.69) is 16.0 Å². The minimum absolute atomic E-state index is 0.0884. The SMILES string of the molecule is CNC(=O)NC(=O)C1Cc2ccc(NC(=O)CN3C[C@@H](c4ccccc4)CC(Cl)(Cl)C3=O)cc2C1. The lowest BCUT2D eigenvalue weighted by molar-refractivity contribution is -0.137. The number of amides is 5. The van der Waals surface area contributed by atoms with E-state index in [1.54, 1.807) is 6.07 Å². The third-order valence-electron chi connectivity index (χ3n) is 6.41. The van der Waals surface area contributed by atoms with Crippen molar-refractivity contribution in [3.05, 3.63) is 65.2 Å². The van der Waals surface area contributed by atoms with E-state index in [9.17, 15) is 19.2 Å². The number of urea groups is 1. The molecule has 0 spiro atoms. The van der Waals surface area contributed by atoms with Gasteiger partial charge in [-0.15, -0.1) is 0 Å². The van der Waals surface area contributed by atoms with E-state index in [0.717, 1.165) is 16.7 Å². The van der Waals surface area contributed by atoms with E-state index in [1.807, 2.05) is 42.5 Å². The normalized spacial score (nSPS) is 20.7. The summed E-state index contributed by atoms with van der Waals surface area (Å²) in [5, 5.41) is 7.49. The second-order valence-electron chi connectivity index (χ2n) is 8.91. The van der Waals surface area contributed by atoms with Crippen molar-refractivity contribution in [2.45, 2.75) is 29.5 Å². The Bertz CT molecular complexity index is 1160. The fourth-order valence-electron chi connectivity index (χ4n) is 4.66. The molecule has 10 heteroatoms. The molecule has 1 aliphatic carbocycles. The standard InChI is InChI=1S/C25H26Cl2N4O4/c1-28-24(35)30-22(33)18-9-16-7-8-20(11-17(16)10-18)29-21(32)14-31-13-19(12-25(26,27)23(31)34)15-5-3-2-4-6-15/h2-8,11,18-19H,9-10,12-14H2,1H3,(H,29,32)(H2,28,30,33,35)/t18?,19-/m0/s1. The van der Waals surface area contributed by atoms with Crippen molar-refractivity contribution in [1.82, 2.24) is 15.5 Å². The van der Waals surface area contributed by atoms with Crippen molar-refractivity contribution in [3.8, 4) is 0 Å². The Morgan fingerprint density at radius 1 is 1.06 bits per heavy atom. The van der Waals surface area contributed by atoms with E-state index < -0.39 is 16.3 Å². The number of piperidine rings is 1. The van der Waals surface area contributed by atoms with Crippen LogP contribution in [-0.4, -0.2) is 53.1 Å². The summed E-state index contributed by atoms with van der Waals surface area (Å²) < 4.78 is -1.60. The van der Waals surface area contributed by atoms with Crippen molar-refractivity contribution in [3.63, 3.8) is 0 Å². The summed E-state index contributed by atoms with van der Waals surface area (Å²) in [7, 11) is 1.44. The minimum Gasteiger partial charge on any atom is -0.341 e. The van der Waals surface area contributed by atoms with Gasteiger partial charge in [0, 0.05) is 31.1 Å². The van der Waals surface area contributed by atoms with Gasteiger partial charge in [0.05, 0.1) is 6.54 Å². The molecule has 0 saturated carbocycles. The lowest BCUT2D eigenvalue weighted by Gasteiger charge is -2.38. The van der Waals surface area contributed by atoms with Crippen molar-refractivity contribution >= 4 is 52.6 Å². The molecule has 2 aromatic carbocycles. The van der Waals surface area contributed by atoms with Crippen molar-refractivity contribution in [1.29, 1.82) is 0 Å². The van der Waals surface area contributed by atoms with Crippen LogP contribution in [0.15, 0.2) is 48.5 Å². The Kier molecular flexibility index (Phi) is 7.33. The number of nitrogens with one attached hydrogen (secondary N) is 3. The number of halogens is 2. The Hall–Kier alpha value is -3.10. The van der Waals surface area contributed by atoms with Gasteiger partial charge >= 0.3 is 6.03 Å². The molecular formula is C25H26Cl2N4O4. The highest BCUT2D eigenvalue weighted by atomic mass is 35.5. The third-order valence-corrected chi connectivity index (χ3v) is 7.04. The second-order valence-corrected chi connectivity index (χ2v) is 10.4. The molecule has 0 aromatic heterocycles. The number of fused-ring (bicyclic) bond motifs is 1. The molecule has 2 atom stereocenters. The Balaban J connectivity index is 1.39. The molecule has 35 heavy (non-hydrogen) atoms. The molecule has 184 valence electrons. The lowest BCUT2D eigenvalue weighted by Crippen LogP contribution is -2.52. The first-order valence-corrected chi connectivity index (χ1v) is 12.1. The van der Waals surface area contributed by atoms with Gasteiger partial charge in [-0.1, -0.05) is 59.6 Å². The fraction of sp³-hybridized carbons (Fsp3) is 0.360. The van der Waals surface area contributed by atoms with Gasteiger partial charge in [0.15, 0.2) is 4.33 Å². The predicted molar refractivity (Wildman–Crippen MR) is 133 cm³/mol. The number of benzene rings is 2. The average molecular weight is 517 g/mol. The summed E-state index contributed by atoms with van der Waals surface area (Å²) >= 11 is 12.7. The molecule has 0 radical (unpaired) electrons. The quantitative estimate of drug-likeness (QED) is 0.530. The molecule has 3 N–H and O–H groups in total. The van der Waals surface area contributed by atoms with Gasteiger partial charge in [-0.25, -0.2) is 4.79 Å².